The van der Waals surface area contributed by atoms with Crippen LogP contribution in [0.5, 0.6) is 0 Å². The summed E-state index contributed by atoms with van der Waals surface area (Å²) in [4.78, 5) is 0.156. The number of nitrogens with two attached hydrogens (primary N) is 1. The van der Waals surface area contributed by atoms with Crippen LogP contribution in [0.25, 0.3) is 0 Å². The molecule has 5 nitrogen and oxygen atoms in total. The second-order valence-electron chi connectivity index (χ2n) is 5.35. The van der Waals surface area contributed by atoms with Gasteiger partial charge < -0.3 is 5.43 Å². The van der Waals surface area contributed by atoms with Gasteiger partial charge in [-0.1, -0.05) is 32.9 Å². The predicted molar refractivity (Wildman–Crippen MR) is 73.5 cm³/mol. The number of hydrogen-bond acceptors (Lipinski definition) is 4. The Balaban J connectivity index is 3.08. The molecular weight excluding hydrogens is 250 g/mol. The van der Waals surface area contributed by atoms with Gasteiger partial charge in [0.2, 0.25) is 10.0 Å². The van der Waals surface area contributed by atoms with Crippen molar-refractivity contribution in [3.05, 3.63) is 24.3 Å². The average molecular weight is 271 g/mol. The van der Waals surface area contributed by atoms with Crippen LogP contribution in [-0.4, -0.2) is 14.5 Å². The fourth-order valence-electron chi connectivity index (χ4n) is 1.29. The molecule has 1 aromatic rings. The van der Waals surface area contributed by atoms with Crippen molar-refractivity contribution in [2.45, 2.75) is 38.6 Å². The van der Waals surface area contributed by atoms with Crippen molar-refractivity contribution < 1.29 is 8.42 Å². The molecule has 0 aliphatic carbocycles. The van der Waals surface area contributed by atoms with Crippen LogP contribution in [-0.2, 0) is 10.0 Å². The maximum atomic E-state index is 12.3. The lowest BCUT2D eigenvalue weighted by Crippen LogP contribution is -2.41. The van der Waals surface area contributed by atoms with Gasteiger partial charge in [-0.2, -0.15) is 0 Å². The van der Waals surface area contributed by atoms with E-state index in [2.05, 4.69) is 10.1 Å². The first kappa shape index (κ1) is 14.9. The molecule has 0 bridgehead atoms. The lowest BCUT2D eigenvalue weighted by atomic mass is 9.89. The molecule has 0 spiro atoms. The first-order valence-corrected chi connectivity index (χ1v) is 7.25. The fraction of sp³-hybridized carbons (Fsp3) is 0.500. The van der Waals surface area contributed by atoms with Gasteiger partial charge in [-0.15, -0.1) is 0 Å². The second-order valence-corrected chi connectivity index (χ2v) is 7.03. The lowest BCUT2D eigenvalue weighted by molar-refractivity contribution is 0.317. The summed E-state index contributed by atoms with van der Waals surface area (Å²) in [5.74, 6) is 5.32. The smallest absolute Gasteiger partial charge is 0.242 e. The second kappa shape index (κ2) is 5.26. The third kappa shape index (κ3) is 3.44. The van der Waals surface area contributed by atoms with E-state index in [0.717, 1.165) is 0 Å². The van der Waals surface area contributed by atoms with Gasteiger partial charge in [-0.3, -0.25) is 5.84 Å². The van der Waals surface area contributed by atoms with E-state index in [-0.39, 0.29) is 16.4 Å². The number of sulfonamides is 1. The maximum Gasteiger partial charge on any atom is 0.242 e. The summed E-state index contributed by atoms with van der Waals surface area (Å²) in [6, 6.07) is 6.34. The summed E-state index contributed by atoms with van der Waals surface area (Å²) in [6.45, 7) is 7.78. The largest absolute Gasteiger partial charge is 0.323 e. The quantitative estimate of drug-likeness (QED) is 0.574. The van der Waals surface area contributed by atoms with Crippen LogP contribution in [0.2, 0.25) is 0 Å². The van der Waals surface area contributed by atoms with Gasteiger partial charge in [0.15, 0.2) is 0 Å². The highest BCUT2D eigenvalue weighted by atomic mass is 32.2. The lowest BCUT2D eigenvalue weighted by Gasteiger charge is -2.28. The van der Waals surface area contributed by atoms with E-state index in [9.17, 15) is 8.42 Å². The van der Waals surface area contributed by atoms with Crippen molar-refractivity contribution >= 4 is 15.7 Å². The highest BCUT2D eigenvalue weighted by molar-refractivity contribution is 7.89. The third-order valence-corrected chi connectivity index (χ3v) is 4.56. The van der Waals surface area contributed by atoms with E-state index >= 15 is 0 Å². The molecule has 0 aliphatic rings. The van der Waals surface area contributed by atoms with Crippen molar-refractivity contribution in [1.82, 2.24) is 4.72 Å². The first-order valence-electron chi connectivity index (χ1n) is 5.76. The fourth-order valence-corrected chi connectivity index (χ4v) is 2.91. The van der Waals surface area contributed by atoms with Crippen LogP contribution >= 0.6 is 0 Å². The number of nitrogens with one attached hydrogen (secondary N) is 2. The monoisotopic (exact) mass is 271 g/mol. The molecule has 0 fully saturated rings. The molecule has 18 heavy (non-hydrogen) atoms. The summed E-state index contributed by atoms with van der Waals surface area (Å²) in [7, 11) is -3.58. The van der Waals surface area contributed by atoms with Crippen molar-refractivity contribution in [2.75, 3.05) is 5.43 Å². The van der Waals surface area contributed by atoms with Crippen molar-refractivity contribution in [3.63, 3.8) is 0 Å². The van der Waals surface area contributed by atoms with Gasteiger partial charge in [-0.05, 0) is 24.5 Å². The Hall–Kier alpha value is -1.11. The van der Waals surface area contributed by atoms with E-state index < -0.39 is 10.0 Å². The molecule has 1 atom stereocenters. The zero-order valence-corrected chi connectivity index (χ0v) is 12.0. The van der Waals surface area contributed by atoms with E-state index in [1.165, 1.54) is 6.07 Å². The normalized spacial score (nSPS) is 14.3. The Labute approximate surface area is 109 Å². The minimum Gasteiger partial charge on any atom is -0.323 e. The Kier molecular flexibility index (Phi) is 4.37. The molecule has 6 heteroatoms. The molecule has 1 unspecified atom stereocenters. The molecule has 1 rings (SSSR count). The van der Waals surface area contributed by atoms with Gasteiger partial charge in [0.25, 0.3) is 0 Å². The van der Waals surface area contributed by atoms with Crippen LogP contribution in [0.1, 0.15) is 27.7 Å². The number of hydrazine groups is 1. The first-order chi connectivity index (χ1) is 8.18. The van der Waals surface area contributed by atoms with Crippen LogP contribution in [0.3, 0.4) is 0 Å². The van der Waals surface area contributed by atoms with Gasteiger partial charge in [-0.25, -0.2) is 13.1 Å². The van der Waals surface area contributed by atoms with E-state index in [0.29, 0.717) is 5.69 Å². The highest BCUT2D eigenvalue weighted by Crippen LogP contribution is 2.24. The molecule has 4 N–H and O–H groups in total. The number of nitrogen functional groups attached to an aromatic ring is 1. The number of rotatable bonds is 4. The maximum absolute atomic E-state index is 12.3. The number of hydrogen-bond donors (Lipinski definition) is 3. The standard InChI is InChI=1S/C12H21N3O2S/c1-9(12(2,3)4)15-18(16,17)11-8-6-5-7-10(11)14-13/h5-9,14-15H,13H2,1-4H3. The molecular formula is C12H21N3O2S. The number of benzene rings is 1. The van der Waals surface area contributed by atoms with Crippen LogP contribution in [0, 0.1) is 5.41 Å². The molecule has 0 amide bonds. The minimum absolute atomic E-state index is 0.155. The Morgan fingerprint density at radius 3 is 2.28 bits per heavy atom. The number of para-hydroxylation sites is 1. The van der Waals surface area contributed by atoms with E-state index in [4.69, 9.17) is 5.84 Å². The topological polar surface area (TPSA) is 84.2 Å². The Morgan fingerprint density at radius 1 is 1.22 bits per heavy atom. The summed E-state index contributed by atoms with van der Waals surface area (Å²) in [5.41, 5.74) is 2.62. The molecule has 0 aliphatic heterocycles. The summed E-state index contributed by atoms with van der Waals surface area (Å²) >= 11 is 0. The molecule has 102 valence electrons. The summed E-state index contributed by atoms with van der Waals surface area (Å²) < 4.78 is 27.2. The highest BCUT2D eigenvalue weighted by Gasteiger charge is 2.27. The van der Waals surface area contributed by atoms with Crippen LogP contribution in [0.4, 0.5) is 5.69 Å². The van der Waals surface area contributed by atoms with E-state index in [1.807, 2.05) is 27.7 Å². The minimum atomic E-state index is -3.58. The molecule has 0 saturated carbocycles. The van der Waals surface area contributed by atoms with Gasteiger partial charge in [0.05, 0.1) is 5.69 Å². The van der Waals surface area contributed by atoms with Crippen molar-refractivity contribution in [3.8, 4) is 0 Å². The van der Waals surface area contributed by atoms with Gasteiger partial charge >= 0.3 is 0 Å². The van der Waals surface area contributed by atoms with E-state index in [1.54, 1.807) is 18.2 Å². The summed E-state index contributed by atoms with van der Waals surface area (Å²) in [6.07, 6.45) is 0. The van der Waals surface area contributed by atoms with Crippen molar-refractivity contribution in [2.24, 2.45) is 11.3 Å². The molecule has 0 radical (unpaired) electrons. The van der Waals surface area contributed by atoms with Gasteiger partial charge in [0.1, 0.15) is 4.90 Å². The SMILES string of the molecule is CC(NS(=O)(=O)c1ccccc1NN)C(C)(C)C. The Bertz CT molecular complexity index is 506. The molecule has 1 aromatic carbocycles. The number of anilines is 1. The summed E-state index contributed by atoms with van der Waals surface area (Å²) in [5, 5.41) is 0. The third-order valence-electron chi connectivity index (χ3n) is 2.96. The zero-order valence-electron chi connectivity index (χ0n) is 11.2. The Morgan fingerprint density at radius 2 is 1.78 bits per heavy atom. The van der Waals surface area contributed by atoms with Crippen molar-refractivity contribution in [1.29, 1.82) is 0 Å². The van der Waals surface area contributed by atoms with Crippen LogP contribution in [0.15, 0.2) is 29.2 Å². The molecule has 0 saturated heterocycles. The average Bonchev–Trinajstić information content (AvgIpc) is 2.27. The predicted octanol–water partition coefficient (Wildman–Crippen LogP) is 1.69. The molecule has 0 aromatic heterocycles. The molecule has 0 heterocycles. The van der Waals surface area contributed by atoms with Gasteiger partial charge in [0, 0.05) is 6.04 Å². The zero-order chi connectivity index (χ0) is 14.0. The van der Waals surface area contributed by atoms with Crippen LogP contribution < -0.4 is 16.0 Å².